The van der Waals surface area contributed by atoms with Gasteiger partial charge in [0.2, 0.25) is 11.8 Å². The number of carbonyl (C=O) groups excluding carboxylic acids is 1. The van der Waals surface area contributed by atoms with Crippen LogP contribution in [0.2, 0.25) is 0 Å². The van der Waals surface area contributed by atoms with Gasteiger partial charge < -0.3 is 10.3 Å². The molecule has 5 heteroatoms. The molecule has 0 spiro atoms. The van der Waals surface area contributed by atoms with Crippen molar-refractivity contribution in [3.05, 3.63) is 47.7 Å². The average molecular weight is 259 g/mol. The Morgan fingerprint density at radius 1 is 1.42 bits per heavy atom. The molecule has 1 aromatic heterocycles. The minimum atomic E-state index is -0.564. The summed E-state index contributed by atoms with van der Waals surface area (Å²) >= 11 is 0. The third-order valence-corrected chi connectivity index (χ3v) is 2.80. The second-order valence-corrected chi connectivity index (χ2v) is 4.45. The number of hydrogen-bond donors (Lipinski definition) is 2. The van der Waals surface area contributed by atoms with Crippen LogP contribution in [-0.4, -0.2) is 17.1 Å². The number of rotatable bonds is 5. The second-order valence-electron chi connectivity index (χ2n) is 4.45. The zero-order chi connectivity index (χ0) is 13.7. The topological polar surface area (TPSA) is 81.2 Å². The Morgan fingerprint density at radius 2 is 2.16 bits per heavy atom. The molecule has 0 saturated heterocycles. The van der Waals surface area contributed by atoms with E-state index in [1.807, 2.05) is 30.3 Å². The van der Waals surface area contributed by atoms with E-state index in [1.54, 1.807) is 13.0 Å². The predicted octanol–water partition coefficient (Wildman–Crippen LogP) is 1.88. The smallest absolute Gasteiger partial charge is 0.243 e. The third-order valence-electron chi connectivity index (χ3n) is 2.80. The Bertz CT molecular complexity index is 537. The molecular weight excluding hydrogens is 242 g/mol. The van der Waals surface area contributed by atoms with Crippen LogP contribution in [0, 0.1) is 6.92 Å². The number of benzene rings is 1. The van der Waals surface area contributed by atoms with E-state index in [-0.39, 0.29) is 5.91 Å². The van der Waals surface area contributed by atoms with Crippen LogP contribution in [0.1, 0.15) is 17.7 Å². The largest absolute Gasteiger partial charge is 0.338 e. The molecule has 1 amide bonds. The molecule has 1 atom stereocenters. The first kappa shape index (κ1) is 13.3. The van der Waals surface area contributed by atoms with Gasteiger partial charge in [-0.1, -0.05) is 35.5 Å². The van der Waals surface area contributed by atoms with Gasteiger partial charge in [0.1, 0.15) is 0 Å². The van der Waals surface area contributed by atoms with E-state index < -0.39 is 6.04 Å². The van der Waals surface area contributed by atoms with Gasteiger partial charge in [-0.25, -0.2) is 0 Å². The number of amides is 1. The van der Waals surface area contributed by atoms with Crippen LogP contribution in [-0.2, 0) is 11.2 Å². The first-order chi connectivity index (χ1) is 9.15. The van der Waals surface area contributed by atoms with E-state index in [0.29, 0.717) is 18.0 Å². The highest BCUT2D eigenvalue weighted by Crippen LogP contribution is 2.10. The van der Waals surface area contributed by atoms with Crippen molar-refractivity contribution in [2.24, 2.45) is 5.73 Å². The fraction of sp³-hybridized carbons (Fsp3) is 0.286. The molecular formula is C14H17N3O2. The van der Waals surface area contributed by atoms with Gasteiger partial charge in [0.25, 0.3) is 0 Å². The number of hydrogen-bond acceptors (Lipinski definition) is 4. The third kappa shape index (κ3) is 3.93. The zero-order valence-corrected chi connectivity index (χ0v) is 10.8. The molecule has 2 aromatic rings. The fourth-order valence-electron chi connectivity index (χ4n) is 1.73. The molecule has 3 N–H and O–H groups in total. The molecule has 0 radical (unpaired) electrons. The molecule has 0 fully saturated rings. The lowest BCUT2D eigenvalue weighted by Crippen LogP contribution is -2.35. The number of nitrogens with zero attached hydrogens (tertiary/aromatic N) is 1. The quantitative estimate of drug-likeness (QED) is 0.859. The first-order valence-electron chi connectivity index (χ1n) is 6.19. The molecule has 19 heavy (non-hydrogen) atoms. The van der Waals surface area contributed by atoms with Crippen LogP contribution >= 0.6 is 0 Å². The standard InChI is InChI=1S/C14H17N3O2/c1-10-9-13(19-17-10)16-14(18)12(15)8-7-11-5-3-2-4-6-11/h2-6,9,12H,7-8,15H2,1H3,(H,16,18). The van der Waals surface area contributed by atoms with Gasteiger partial charge in [0.05, 0.1) is 11.7 Å². The van der Waals surface area contributed by atoms with Crippen LogP contribution in [0.15, 0.2) is 40.9 Å². The van der Waals surface area contributed by atoms with Crippen molar-refractivity contribution in [3.63, 3.8) is 0 Å². The molecule has 1 unspecified atom stereocenters. The summed E-state index contributed by atoms with van der Waals surface area (Å²) in [6, 6.07) is 11.0. The first-order valence-corrected chi connectivity index (χ1v) is 6.19. The minimum absolute atomic E-state index is 0.257. The lowest BCUT2D eigenvalue weighted by Gasteiger charge is -2.10. The van der Waals surface area contributed by atoms with Gasteiger partial charge in [0.15, 0.2) is 0 Å². The minimum Gasteiger partial charge on any atom is -0.338 e. The maximum Gasteiger partial charge on any atom is 0.243 e. The van der Waals surface area contributed by atoms with Crippen molar-refractivity contribution in [1.82, 2.24) is 5.16 Å². The van der Waals surface area contributed by atoms with Crippen molar-refractivity contribution < 1.29 is 9.32 Å². The van der Waals surface area contributed by atoms with Crippen LogP contribution in [0.5, 0.6) is 0 Å². The van der Waals surface area contributed by atoms with E-state index in [9.17, 15) is 4.79 Å². The van der Waals surface area contributed by atoms with Crippen LogP contribution in [0.4, 0.5) is 5.88 Å². The summed E-state index contributed by atoms with van der Waals surface area (Å²) in [5, 5.41) is 6.30. The molecule has 0 saturated carbocycles. The Labute approximate surface area is 111 Å². The molecule has 0 bridgehead atoms. The van der Waals surface area contributed by atoms with E-state index >= 15 is 0 Å². The number of carbonyl (C=O) groups is 1. The van der Waals surface area contributed by atoms with Crippen molar-refractivity contribution >= 4 is 11.8 Å². The van der Waals surface area contributed by atoms with Crippen LogP contribution in [0.25, 0.3) is 0 Å². The highest BCUT2D eigenvalue weighted by Gasteiger charge is 2.15. The van der Waals surface area contributed by atoms with Gasteiger partial charge in [-0.2, -0.15) is 0 Å². The fourth-order valence-corrected chi connectivity index (χ4v) is 1.73. The molecule has 0 aliphatic heterocycles. The van der Waals surface area contributed by atoms with E-state index in [4.69, 9.17) is 10.3 Å². The molecule has 100 valence electrons. The lowest BCUT2D eigenvalue weighted by molar-refractivity contribution is -0.117. The summed E-state index contributed by atoms with van der Waals surface area (Å²) in [7, 11) is 0. The Hall–Kier alpha value is -2.14. The Morgan fingerprint density at radius 3 is 2.79 bits per heavy atom. The van der Waals surface area contributed by atoms with Crippen LogP contribution < -0.4 is 11.1 Å². The molecule has 1 aromatic carbocycles. The van der Waals surface area contributed by atoms with Gasteiger partial charge in [0, 0.05) is 6.07 Å². The van der Waals surface area contributed by atoms with Gasteiger partial charge in [-0.05, 0) is 25.3 Å². The Balaban J connectivity index is 1.82. The number of nitrogens with one attached hydrogen (secondary N) is 1. The molecule has 0 aliphatic carbocycles. The predicted molar refractivity (Wildman–Crippen MR) is 72.6 cm³/mol. The highest BCUT2D eigenvalue weighted by atomic mass is 16.5. The van der Waals surface area contributed by atoms with E-state index in [2.05, 4.69) is 10.5 Å². The second kappa shape index (κ2) is 6.15. The SMILES string of the molecule is Cc1cc(NC(=O)C(N)CCc2ccccc2)on1. The number of nitrogens with two attached hydrogens (primary N) is 1. The highest BCUT2D eigenvalue weighted by molar-refractivity contribution is 5.93. The summed E-state index contributed by atoms with van der Waals surface area (Å²) < 4.78 is 4.91. The summed E-state index contributed by atoms with van der Waals surface area (Å²) in [5.74, 6) is 0.0738. The summed E-state index contributed by atoms with van der Waals surface area (Å²) in [5.41, 5.74) is 7.73. The van der Waals surface area contributed by atoms with Gasteiger partial charge in [-0.3, -0.25) is 10.1 Å². The summed E-state index contributed by atoms with van der Waals surface area (Å²) in [4.78, 5) is 11.8. The molecule has 5 nitrogen and oxygen atoms in total. The van der Waals surface area contributed by atoms with Crippen LogP contribution in [0.3, 0.4) is 0 Å². The summed E-state index contributed by atoms with van der Waals surface area (Å²) in [6.07, 6.45) is 1.35. The normalized spacial score (nSPS) is 12.1. The van der Waals surface area contributed by atoms with E-state index in [1.165, 1.54) is 5.56 Å². The van der Waals surface area contributed by atoms with Gasteiger partial charge >= 0.3 is 0 Å². The van der Waals surface area contributed by atoms with Crippen molar-refractivity contribution in [2.45, 2.75) is 25.8 Å². The zero-order valence-electron chi connectivity index (χ0n) is 10.8. The molecule has 0 aliphatic rings. The maximum absolute atomic E-state index is 11.8. The number of aromatic nitrogens is 1. The average Bonchev–Trinajstić information content (AvgIpc) is 2.82. The lowest BCUT2D eigenvalue weighted by atomic mass is 10.1. The number of aryl methyl sites for hydroxylation is 2. The molecule has 2 rings (SSSR count). The van der Waals surface area contributed by atoms with Crippen molar-refractivity contribution in [1.29, 1.82) is 0 Å². The van der Waals surface area contributed by atoms with Crippen molar-refractivity contribution in [3.8, 4) is 0 Å². The molecule has 1 heterocycles. The Kier molecular flexibility index (Phi) is 4.30. The monoisotopic (exact) mass is 259 g/mol. The number of anilines is 1. The van der Waals surface area contributed by atoms with Crippen molar-refractivity contribution in [2.75, 3.05) is 5.32 Å². The maximum atomic E-state index is 11.8. The summed E-state index contributed by atoms with van der Waals surface area (Å²) in [6.45, 7) is 1.79. The van der Waals surface area contributed by atoms with E-state index in [0.717, 1.165) is 6.42 Å². The van der Waals surface area contributed by atoms with Gasteiger partial charge in [-0.15, -0.1) is 0 Å².